The average Bonchev–Trinajstić information content (AvgIpc) is 2.98. The Labute approximate surface area is 126 Å². The molecule has 1 aliphatic heterocycles. The van der Waals surface area contributed by atoms with Crippen molar-refractivity contribution >= 4 is 17.3 Å². The number of hydrogen-bond donors (Lipinski definition) is 2. The first kappa shape index (κ1) is 15.3. The van der Waals surface area contributed by atoms with E-state index >= 15 is 0 Å². The molecule has 1 fully saturated rings. The fourth-order valence-electron chi connectivity index (χ4n) is 2.71. The molecule has 1 aromatic heterocycles. The minimum absolute atomic E-state index is 0.575. The number of nitrogens with zero attached hydrogens (tertiary/aromatic N) is 2. The topological polar surface area (TPSA) is 53.6 Å². The Hall–Kier alpha value is -1.07. The van der Waals surface area contributed by atoms with Crippen LogP contribution in [0.1, 0.15) is 31.1 Å². The Morgan fingerprint density at radius 1 is 1.55 bits per heavy atom. The Bertz CT molecular complexity index is 402. The van der Waals surface area contributed by atoms with Gasteiger partial charge in [-0.05, 0) is 43.8 Å². The van der Waals surface area contributed by atoms with Crippen LogP contribution in [0.4, 0.5) is 0 Å². The lowest BCUT2D eigenvalue weighted by Crippen LogP contribution is -2.42. The molecule has 0 spiro atoms. The quantitative estimate of drug-likeness (QED) is 0.624. The predicted octanol–water partition coefficient (Wildman–Crippen LogP) is 2.07. The van der Waals surface area contributed by atoms with Gasteiger partial charge in [-0.3, -0.25) is 9.89 Å². The van der Waals surface area contributed by atoms with Crippen LogP contribution in [-0.4, -0.2) is 43.1 Å². The first-order chi connectivity index (χ1) is 9.79. The molecule has 1 atom stereocenters. The zero-order valence-electron chi connectivity index (χ0n) is 12.3. The number of nitrogens with one attached hydrogen (secondary N) is 1. The van der Waals surface area contributed by atoms with Crippen LogP contribution >= 0.6 is 11.3 Å². The van der Waals surface area contributed by atoms with Crippen molar-refractivity contribution in [2.75, 3.05) is 26.2 Å². The van der Waals surface area contributed by atoms with Gasteiger partial charge in [-0.1, -0.05) is 19.4 Å². The van der Waals surface area contributed by atoms with E-state index in [2.05, 4.69) is 39.6 Å². The van der Waals surface area contributed by atoms with Crippen LogP contribution in [-0.2, 0) is 6.42 Å². The summed E-state index contributed by atoms with van der Waals surface area (Å²) in [5, 5.41) is 5.32. The number of likely N-dealkylation sites (tertiary alicyclic amines) is 1. The van der Waals surface area contributed by atoms with Gasteiger partial charge in [-0.2, -0.15) is 0 Å². The number of likely N-dealkylation sites (N-methyl/N-ethyl adjacent to an activating group) is 1. The molecule has 1 aliphatic rings. The number of rotatable bonds is 6. The Morgan fingerprint density at radius 3 is 3.20 bits per heavy atom. The van der Waals surface area contributed by atoms with Crippen molar-refractivity contribution < 1.29 is 0 Å². The van der Waals surface area contributed by atoms with Crippen LogP contribution in [0.2, 0.25) is 0 Å². The average molecular weight is 294 g/mol. The molecule has 0 radical (unpaired) electrons. The fourth-order valence-corrected chi connectivity index (χ4v) is 3.42. The molecule has 1 unspecified atom stereocenters. The highest BCUT2D eigenvalue weighted by molar-refractivity contribution is 7.09. The predicted molar refractivity (Wildman–Crippen MR) is 87.4 cm³/mol. The molecule has 2 rings (SSSR count). The Morgan fingerprint density at radius 2 is 2.45 bits per heavy atom. The molecule has 3 N–H and O–H groups in total. The number of guanidine groups is 1. The lowest BCUT2D eigenvalue weighted by atomic mass is 10.0. The third-order valence-electron chi connectivity index (χ3n) is 3.89. The van der Waals surface area contributed by atoms with Crippen molar-refractivity contribution in [3.05, 3.63) is 22.4 Å². The number of hydrogen-bond acceptors (Lipinski definition) is 3. The highest BCUT2D eigenvalue weighted by atomic mass is 32.1. The summed E-state index contributed by atoms with van der Waals surface area (Å²) in [4.78, 5) is 8.41. The maximum atomic E-state index is 5.94. The summed E-state index contributed by atoms with van der Waals surface area (Å²) in [6.45, 7) is 6.24. The van der Waals surface area contributed by atoms with Gasteiger partial charge in [0.15, 0.2) is 5.96 Å². The van der Waals surface area contributed by atoms with Crippen molar-refractivity contribution in [2.24, 2.45) is 10.7 Å². The van der Waals surface area contributed by atoms with E-state index in [1.165, 1.54) is 30.7 Å². The second kappa shape index (κ2) is 8.27. The molecule has 4 nitrogen and oxygen atoms in total. The summed E-state index contributed by atoms with van der Waals surface area (Å²) in [6, 6.07) is 4.81. The van der Waals surface area contributed by atoms with E-state index in [4.69, 9.17) is 5.73 Å². The monoisotopic (exact) mass is 294 g/mol. The van der Waals surface area contributed by atoms with Gasteiger partial charge in [-0.15, -0.1) is 11.3 Å². The molecule has 0 aliphatic carbocycles. The third-order valence-corrected chi connectivity index (χ3v) is 4.82. The van der Waals surface area contributed by atoms with Crippen LogP contribution < -0.4 is 11.1 Å². The molecule has 0 saturated carbocycles. The van der Waals surface area contributed by atoms with E-state index in [1.807, 2.05) is 0 Å². The van der Waals surface area contributed by atoms with Crippen LogP contribution in [0.5, 0.6) is 0 Å². The van der Waals surface area contributed by atoms with Crippen molar-refractivity contribution in [3.8, 4) is 0 Å². The molecule has 0 aromatic carbocycles. The van der Waals surface area contributed by atoms with Crippen molar-refractivity contribution in [3.63, 3.8) is 0 Å². The second-order valence-electron chi connectivity index (χ2n) is 5.26. The first-order valence-electron chi connectivity index (χ1n) is 7.60. The van der Waals surface area contributed by atoms with Gasteiger partial charge >= 0.3 is 0 Å². The van der Waals surface area contributed by atoms with E-state index < -0.39 is 0 Å². The Balaban J connectivity index is 1.69. The number of nitrogens with two attached hydrogens (primary N) is 1. The van der Waals surface area contributed by atoms with Crippen molar-refractivity contribution in [2.45, 2.75) is 38.6 Å². The maximum absolute atomic E-state index is 5.94. The summed E-state index contributed by atoms with van der Waals surface area (Å²) in [5.41, 5.74) is 5.94. The highest BCUT2D eigenvalue weighted by Crippen LogP contribution is 2.16. The lowest BCUT2D eigenvalue weighted by molar-refractivity contribution is 0.161. The summed E-state index contributed by atoms with van der Waals surface area (Å²) in [6.07, 6.45) is 4.91. The van der Waals surface area contributed by atoms with Crippen LogP contribution in [0.15, 0.2) is 22.5 Å². The van der Waals surface area contributed by atoms with Crippen molar-refractivity contribution in [1.82, 2.24) is 10.2 Å². The molecule has 2 heterocycles. The molecule has 5 heteroatoms. The van der Waals surface area contributed by atoms with Crippen LogP contribution in [0.25, 0.3) is 0 Å². The molecule has 1 aromatic rings. The molecule has 0 bridgehead atoms. The third kappa shape index (κ3) is 4.80. The maximum Gasteiger partial charge on any atom is 0.188 e. The molecule has 112 valence electrons. The van der Waals surface area contributed by atoms with Gasteiger partial charge in [0.2, 0.25) is 0 Å². The SMILES string of the molecule is CCN1CCCCC1CN=C(N)NCCc1cccs1. The number of thiophene rings is 1. The molecule has 1 saturated heterocycles. The summed E-state index contributed by atoms with van der Waals surface area (Å²) >= 11 is 1.79. The minimum Gasteiger partial charge on any atom is -0.370 e. The van der Waals surface area contributed by atoms with E-state index in [-0.39, 0.29) is 0 Å². The zero-order chi connectivity index (χ0) is 14.2. The lowest BCUT2D eigenvalue weighted by Gasteiger charge is -2.33. The van der Waals surface area contributed by atoms with E-state index in [0.29, 0.717) is 12.0 Å². The van der Waals surface area contributed by atoms with Crippen LogP contribution in [0, 0.1) is 0 Å². The standard InChI is InChI=1S/C15H26N4S/c1-2-19-10-4-3-6-13(19)12-18-15(16)17-9-8-14-7-5-11-20-14/h5,7,11,13H,2-4,6,8-10,12H2,1H3,(H3,16,17,18). The smallest absolute Gasteiger partial charge is 0.188 e. The van der Waals surface area contributed by atoms with Crippen molar-refractivity contribution in [1.29, 1.82) is 0 Å². The second-order valence-corrected chi connectivity index (χ2v) is 6.29. The molecule has 20 heavy (non-hydrogen) atoms. The first-order valence-corrected chi connectivity index (χ1v) is 8.47. The van der Waals surface area contributed by atoms with E-state index in [1.54, 1.807) is 11.3 Å². The summed E-state index contributed by atoms with van der Waals surface area (Å²) in [7, 11) is 0. The summed E-state index contributed by atoms with van der Waals surface area (Å²) < 4.78 is 0. The highest BCUT2D eigenvalue weighted by Gasteiger charge is 2.20. The van der Waals surface area contributed by atoms with Gasteiger partial charge in [-0.25, -0.2) is 0 Å². The van der Waals surface area contributed by atoms with Gasteiger partial charge in [0.05, 0.1) is 6.54 Å². The van der Waals surface area contributed by atoms with Gasteiger partial charge in [0.25, 0.3) is 0 Å². The molecule has 0 amide bonds. The Kier molecular flexibility index (Phi) is 6.33. The van der Waals surface area contributed by atoms with Gasteiger partial charge < -0.3 is 11.1 Å². The van der Waals surface area contributed by atoms with Gasteiger partial charge in [0, 0.05) is 17.5 Å². The normalized spacial score (nSPS) is 21.1. The van der Waals surface area contributed by atoms with Crippen LogP contribution in [0.3, 0.4) is 0 Å². The zero-order valence-corrected chi connectivity index (χ0v) is 13.2. The molecular formula is C15H26N4S. The van der Waals surface area contributed by atoms with Gasteiger partial charge in [0.1, 0.15) is 0 Å². The minimum atomic E-state index is 0.575. The largest absolute Gasteiger partial charge is 0.370 e. The molecular weight excluding hydrogens is 268 g/mol. The number of aliphatic imine (C=N–C) groups is 1. The fraction of sp³-hybridized carbons (Fsp3) is 0.667. The van der Waals surface area contributed by atoms with E-state index in [9.17, 15) is 0 Å². The van der Waals surface area contributed by atoms with E-state index in [0.717, 1.165) is 26.1 Å². The number of piperidine rings is 1. The summed E-state index contributed by atoms with van der Waals surface area (Å²) in [5.74, 6) is 0.586.